The van der Waals surface area contributed by atoms with Crippen LogP contribution in [-0.2, 0) is 11.2 Å². The molecule has 2 rings (SSSR count). The first-order valence-corrected chi connectivity index (χ1v) is 7.87. The molecule has 1 amide bonds. The van der Waals surface area contributed by atoms with Gasteiger partial charge < -0.3 is 10.4 Å². The molecule has 20 heavy (non-hydrogen) atoms. The van der Waals surface area contributed by atoms with Gasteiger partial charge in [0.25, 0.3) is 0 Å². The van der Waals surface area contributed by atoms with Gasteiger partial charge in [-0.25, -0.2) is 4.79 Å². The summed E-state index contributed by atoms with van der Waals surface area (Å²) < 4.78 is 0.816. The number of carbonyl (C=O) groups is 2. The summed E-state index contributed by atoms with van der Waals surface area (Å²) in [4.78, 5) is 24.2. The van der Waals surface area contributed by atoms with Crippen LogP contribution in [0.5, 0.6) is 0 Å². The monoisotopic (exact) mass is 401 g/mol. The molecular weight excluding hydrogens is 389 g/mol. The molecule has 6 heteroatoms. The van der Waals surface area contributed by atoms with Gasteiger partial charge in [-0.15, -0.1) is 11.3 Å². The molecule has 1 aromatic carbocycles. The molecule has 0 bridgehead atoms. The van der Waals surface area contributed by atoms with E-state index in [4.69, 9.17) is 5.11 Å². The van der Waals surface area contributed by atoms with E-state index < -0.39 is 5.97 Å². The number of carbonyl (C=O) groups excluding carboxylic acids is 1. The third kappa shape index (κ3) is 4.04. The number of thiophene rings is 1. The maximum Gasteiger partial charge on any atom is 0.337 e. The summed E-state index contributed by atoms with van der Waals surface area (Å²) in [5.74, 6) is -1.22. The van der Waals surface area contributed by atoms with Crippen molar-refractivity contribution in [2.75, 3.05) is 5.32 Å². The zero-order chi connectivity index (χ0) is 14.5. The first-order chi connectivity index (χ1) is 9.56. The molecule has 0 aliphatic heterocycles. The molecule has 104 valence electrons. The van der Waals surface area contributed by atoms with Crippen molar-refractivity contribution in [2.24, 2.45) is 0 Å². The van der Waals surface area contributed by atoms with Crippen molar-refractivity contribution in [2.45, 2.75) is 12.8 Å². The highest BCUT2D eigenvalue weighted by molar-refractivity contribution is 14.1. The van der Waals surface area contributed by atoms with Crippen LogP contribution in [0.3, 0.4) is 0 Å². The molecule has 0 aliphatic carbocycles. The van der Waals surface area contributed by atoms with Gasteiger partial charge in [-0.3, -0.25) is 4.79 Å². The standard InChI is InChI=1S/C14H12INO3S/c15-9-3-5-12(11(8-9)14(18)19)16-13(17)6-4-10-2-1-7-20-10/h1-3,5,7-8H,4,6H2,(H,16,17)(H,18,19). The van der Waals surface area contributed by atoms with Crippen LogP contribution in [0.4, 0.5) is 5.69 Å². The number of anilines is 1. The second-order valence-corrected chi connectivity index (χ2v) is 6.40. The molecule has 0 radical (unpaired) electrons. The van der Waals surface area contributed by atoms with E-state index in [0.717, 1.165) is 8.45 Å². The van der Waals surface area contributed by atoms with Crippen LogP contribution in [0.25, 0.3) is 0 Å². The number of benzene rings is 1. The summed E-state index contributed by atoms with van der Waals surface area (Å²) >= 11 is 3.64. The van der Waals surface area contributed by atoms with E-state index in [1.54, 1.807) is 23.5 Å². The molecule has 0 unspecified atom stereocenters. The van der Waals surface area contributed by atoms with Crippen molar-refractivity contribution in [1.29, 1.82) is 0 Å². The highest BCUT2D eigenvalue weighted by atomic mass is 127. The number of hydrogen-bond donors (Lipinski definition) is 2. The Kier molecular flexibility index (Phi) is 5.13. The Morgan fingerprint density at radius 3 is 2.75 bits per heavy atom. The number of hydrogen-bond acceptors (Lipinski definition) is 3. The molecule has 0 spiro atoms. The number of nitrogens with one attached hydrogen (secondary N) is 1. The number of carboxylic acids is 1. The van der Waals surface area contributed by atoms with Gasteiger partial charge in [-0.05, 0) is 58.7 Å². The maximum absolute atomic E-state index is 11.9. The van der Waals surface area contributed by atoms with Crippen molar-refractivity contribution in [1.82, 2.24) is 0 Å². The van der Waals surface area contributed by atoms with Gasteiger partial charge in [0.2, 0.25) is 5.91 Å². The zero-order valence-electron chi connectivity index (χ0n) is 10.4. The molecule has 0 atom stereocenters. The molecule has 4 nitrogen and oxygen atoms in total. The van der Waals surface area contributed by atoms with E-state index >= 15 is 0 Å². The van der Waals surface area contributed by atoms with Crippen LogP contribution in [0.2, 0.25) is 0 Å². The molecule has 0 saturated carbocycles. The lowest BCUT2D eigenvalue weighted by atomic mass is 10.1. The fraction of sp³-hybridized carbons (Fsp3) is 0.143. The fourth-order valence-corrected chi connectivity index (χ4v) is 2.91. The minimum Gasteiger partial charge on any atom is -0.478 e. The number of rotatable bonds is 5. The highest BCUT2D eigenvalue weighted by Crippen LogP contribution is 2.19. The van der Waals surface area contributed by atoms with Gasteiger partial charge in [0.1, 0.15) is 0 Å². The van der Waals surface area contributed by atoms with E-state index in [2.05, 4.69) is 5.32 Å². The summed E-state index contributed by atoms with van der Waals surface area (Å²) in [6.45, 7) is 0. The Labute approximate surface area is 134 Å². The van der Waals surface area contributed by atoms with Crippen LogP contribution in [0.15, 0.2) is 35.7 Å². The van der Waals surface area contributed by atoms with Gasteiger partial charge in [0.05, 0.1) is 11.3 Å². The molecule has 0 fully saturated rings. The number of carboxylic acid groups (broad SMARTS) is 1. The zero-order valence-corrected chi connectivity index (χ0v) is 13.4. The summed E-state index contributed by atoms with van der Waals surface area (Å²) in [6, 6.07) is 8.85. The average Bonchev–Trinajstić information content (AvgIpc) is 2.91. The molecular formula is C14H12INO3S. The van der Waals surface area contributed by atoms with E-state index in [9.17, 15) is 9.59 Å². The van der Waals surface area contributed by atoms with Gasteiger partial charge in [0.15, 0.2) is 0 Å². The number of aromatic carboxylic acids is 1. The average molecular weight is 401 g/mol. The summed E-state index contributed by atoms with van der Waals surface area (Å²) in [7, 11) is 0. The van der Waals surface area contributed by atoms with E-state index in [0.29, 0.717) is 18.5 Å². The summed E-state index contributed by atoms with van der Waals surface area (Å²) in [5, 5.41) is 13.8. The van der Waals surface area contributed by atoms with Crippen LogP contribution < -0.4 is 5.32 Å². The molecule has 0 saturated heterocycles. The second-order valence-electron chi connectivity index (χ2n) is 4.12. The quantitative estimate of drug-likeness (QED) is 0.753. The van der Waals surface area contributed by atoms with Crippen molar-refractivity contribution >= 4 is 51.5 Å². The molecule has 0 aliphatic rings. The van der Waals surface area contributed by atoms with Crippen molar-refractivity contribution in [3.63, 3.8) is 0 Å². The Balaban J connectivity index is 2.02. The van der Waals surface area contributed by atoms with Crippen LogP contribution >= 0.6 is 33.9 Å². The Bertz CT molecular complexity index is 625. The normalized spacial score (nSPS) is 10.2. The fourth-order valence-electron chi connectivity index (χ4n) is 1.71. The maximum atomic E-state index is 11.9. The predicted molar refractivity (Wildman–Crippen MR) is 87.4 cm³/mol. The van der Waals surface area contributed by atoms with Gasteiger partial charge in [-0.2, -0.15) is 0 Å². The minimum absolute atomic E-state index is 0.112. The lowest BCUT2D eigenvalue weighted by molar-refractivity contribution is -0.116. The third-order valence-electron chi connectivity index (χ3n) is 2.66. The van der Waals surface area contributed by atoms with Crippen molar-refractivity contribution in [3.05, 3.63) is 49.7 Å². The number of halogens is 1. The second kappa shape index (κ2) is 6.85. The molecule has 2 N–H and O–H groups in total. The minimum atomic E-state index is -1.04. The van der Waals surface area contributed by atoms with Crippen molar-refractivity contribution < 1.29 is 14.7 Å². The number of amides is 1. The summed E-state index contributed by atoms with van der Waals surface area (Å²) in [6.07, 6.45) is 1.00. The Morgan fingerprint density at radius 2 is 2.10 bits per heavy atom. The molecule has 1 aromatic heterocycles. The lowest BCUT2D eigenvalue weighted by Crippen LogP contribution is -2.15. The van der Waals surface area contributed by atoms with E-state index in [-0.39, 0.29) is 11.5 Å². The van der Waals surface area contributed by atoms with E-state index in [1.165, 1.54) is 6.07 Å². The van der Waals surface area contributed by atoms with Crippen LogP contribution in [-0.4, -0.2) is 17.0 Å². The first-order valence-electron chi connectivity index (χ1n) is 5.91. The van der Waals surface area contributed by atoms with Gasteiger partial charge >= 0.3 is 5.97 Å². The van der Waals surface area contributed by atoms with Gasteiger partial charge in [0, 0.05) is 14.9 Å². The lowest BCUT2D eigenvalue weighted by Gasteiger charge is -2.08. The Morgan fingerprint density at radius 1 is 1.30 bits per heavy atom. The largest absolute Gasteiger partial charge is 0.478 e. The molecule has 1 heterocycles. The number of aryl methyl sites for hydroxylation is 1. The predicted octanol–water partition coefficient (Wildman–Crippen LogP) is 3.62. The van der Waals surface area contributed by atoms with Crippen LogP contribution in [0.1, 0.15) is 21.7 Å². The third-order valence-corrected chi connectivity index (χ3v) is 4.27. The smallest absolute Gasteiger partial charge is 0.337 e. The molecule has 2 aromatic rings. The topological polar surface area (TPSA) is 66.4 Å². The van der Waals surface area contributed by atoms with Gasteiger partial charge in [-0.1, -0.05) is 6.07 Å². The highest BCUT2D eigenvalue weighted by Gasteiger charge is 2.13. The SMILES string of the molecule is O=C(CCc1cccs1)Nc1ccc(I)cc1C(=O)O. The first kappa shape index (κ1) is 15.0. The van der Waals surface area contributed by atoms with Crippen LogP contribution in [0, 0.1) is 3.57 Å². The van der Waals surface area contributed by atoms with Crippen molar-refractivity contribution in [3.8, 4) is 0 Å². The Hall–Kier alpha value is -1.41. The summed E-state index contributed by atoms with van der Waals surface area (Å²) in [5.41, 5.74) is 0.454. The van der Waals surface area contributed by atoms with E-state index in [1.807, 2.05) is 40.1 Å².